The lowest BCUT2D eigenvalue weighted by Gasteiger charge is -2.37. The van der Waals surface area contributed by atoms with E-state index in [1.807, 2.05) is 43.3 Å². The fraction of sp³-hybridized carbons (Fsp3) is 0.444. The standard InChI is InChI=1S/C27H32N2O5/c1-27(15-7-8-16-27)29(2)25(32)23(13-14-24(30)31)28-26(33)34-17-22-20-11-5-3-9-18(20)19-10-4-6-12-21(19)22/h3-6,9-12,22-23H,7-8,13-17H2,1-2H3,(H,28,33)(H,30,31). The van der Waals surface area contributed by atoms with Gasteiger partial charge < -0.3 is 20.1 Å². The van der Waals surface area contributed by atoms with Gasteiger partial charge in [0.1, 0.15) is 12.6 Å². The highest BCUT2D eigenvalue weighted by molar-refractivity contribution is 5.86. The van der Waals surface area contributed by atoms with Crippen LogP contribution >= 0.6 is 0 Å². The van der Waals surface area contributed by atoms with E-state index in [1.165, 1.54) is 0 Å². The molecule has 4 rings (SSSR count). The molecule has 1 atom stereocenters. The minimum absolute atomic E-state index is 0.0127. The Hall–Kier alpha value is -3.35. The molecule has 180 valence electrons. The Bertz CT molecular complexity index is 1030. The Morgan fingerprint density at radius 2 is 1.62 bits per heavy atom. The van der Waals surface area contributed by atoms with Crippen LogP contribution in [-0.2, 0) is 14.3 Å². The van der Waals surface area contributed by atoms with Gasteiger partial charge in [-0.25, -0.2) is 4.79 Å². The predicted octanol–water partition coefficient (Wildman–Crippen LogP) is 4.55. The van der Waals surface area contributed by atoms with Gasteiger partial charge in [0.05, 0.1) is 0 Å². The Labute approximate surface area is 200 Å². The highest BCUT2D eigenvalue weighted by Gasteiger charge is 2.38. The van der Waals surface area contributed by atoms with E-state index in [9.17, 15) is 14.4 Å². The molecule has 2 N–H and O–H groups in total. The largest absolute Gasteiger partial charge is 0.481 e. The number of nitrogens with zero attached hydrogens (tertiary/aromatic N) is 1. The number of carboxylic acids is 1. The highest BCUT2D eigenvalue weighted by atomic mass is 16.5. The minimum atomic E-state index is -1.01. The molecule has 2 amide bonds. The van der Waals surface area contributed by atoms with E-state index in [0.29, 0.717) is 0 Å². The summed E-state index contributed by atoms with van der Waals surface area (Å²) in [6, 6.07) is 15.2. The van der Waals surface area contributed by atoms with E-state index in [1.54, 1.807) is 11.9 Å². The first-order valence-electron chi connectivity index (χ1n) is 11.9. The highest BCUT2D eigenvalue weighted by Crippen LogP contribution is 2.44. The number of nitrogens with one attached hydrogen (secondary N) is 1. The minimum Gasteiger partial charge on any atom is -0.481 e. The van der Waals surface area contributed by atoms with Crippen molar-refractivity contribution < 1.29 is 24.2 Å². The van der Waals surface area contributed by atoms with Crippen molar-refractivity contribution in [1.29, 1.82) is 0 Å². The molecule has 1 fully saturated rings. The van der Waals surface area contributed by atoms with Gasteiger partial charge in [0.15, 0.2) is 0 Å². The summed E-state index contributed by atoms with van der Waals surface area (Å²) < 4.78 is 5.59. The van der Waals surface area contributed by atoms with Crippen LogP contribution in [0.25, 0.3) is 11.1 Å². The first kappa shape index (κ1) is 23.8. The second-order valence-corrected chi connectivity index (χ2v) is 9.56. The van der Waals surface area contributed by atoms with Gasteiger partial charge >= 0.3 is 12.1 Å². The van der Waals surface area contributed by atoms with Crippen molar-refractivity contribution >= 4 is 18.0 Å². The second kappa shape index (κ2) is 9.87. The first-order valence-corrected chi connectivity index (χ1v) is 11.9. The molecule has 0 aromatic heterocycles. The number of amides is 2. The fourth-order valence-corrected chi connectivity index (χ4v) is 5.28. The van der Waals surface area contributed by atoms with Crippen LogP contribution in [0.2, 0.25) is 0 Å². The van der Waals surface area contributed by atoms with E-state index < -0.39 is 18.1 Å². The zero-order valence-electron chi connectivity index (χ0n) is 19.8. The van der Waals surface area contributed by atoms with Crippen LogP contribution in [0.4, 0.5) is 4.79 Å². The van der Waals surface area contributed by atoms with Crippen molar-refractivity contribution in [3.63, 3.8) is 0 Å². The van der Waals surface area contributed by atoms with Crippen LogP contribution < -0.4 is 5.32 Å². The molecule has 0 aliphatic heterocycles. The van der Waals surface area contributed by atoms with Crippen LogP contribution in [0.1, 0.15) is 62.5 Å². The molecule has 7 nitrogen and oxygen atoms in total. The van der Waals surface area contributed by atoms with Crippen molar-refractivity contribution in [1.82, 2.24) is 10.2 Å². The number of carbonyl (C=O) groups excluding carboxylic acids is 2. The number of rotatable bonds is 8. The molecule has 2 aromatic rings. The number of alkyl carbamates (subject to hydrolysis) is 1. The van der Waals surface area contributed by atoms with Gasteiger partial charge in [0, 0.05) is 24.9 Å². The number of ether oxygens (including phenoxy) is 1. The average molecular weight is 465 g/mol. The van der Waals surface area contributed by atoms with Gasteiger partial charge in [-0.15, -0.1) is 0 Å². The second-order valence-electron chi connectivity index (χ2n) is 9.56. The van der Waals surface area contributed by atoms with E-state index in [-0.39, 0.29) is 36.8 Å². The zero-order valence-corrected chi connectivity index (χ0v) is 19.8. The van der Waals surface area contributed by atoms with Crippen molar-refractivity contribution in [2.45, 2.75) is 62.9 Å². The van der Waals surface area contributed by atoms with Crippen molar-refractivity contribution in [2.24, 2.45) is 0 Å². The normalized spacial score (nSPS) is 16.9. The van der Waals surface area contributed by atoms with E-state index in [0.717, 1.165) is 47.9 Å². The maximum atomic E-state index is 13.2. The lowest BCUT2D eigenvalue weighted by atomic mass is 9.97. The number of hydrogen-bond acceptors (Lipinski definition) is 4. The van der Waals surface area contributed by atoms with Gasteiger partial charge in [-0.3, -0.25) is 9.59 Å². The molecule has 0 spiro atoms. The lowest BCUT2D eigenvalue weighted by molar-refractivity contribution is -0.139. The molecule has 34 heavy (non-hydrogen) atoms. The van der Waals surface area contributed by atoms with Gasteiger partial charge in [-0.1, -0.05) is 61.4 Å². The summed E-state index contributed by atoms with van der Waals surface area (Å²) in [6.07, 6.45) is 2.97. The third kappa shape index (κ3) is 4.79. The number of aliphatic carboxylic acids is 1. The van der Waals surface area contributed by atoms with E-state index in [4.69, 9.17) is 9.84 Å². The van der Waals surface area contributed by atoms with Crippen LogP contribution in [0.5, 0.6) is 0 Å². The molecule has 1 unspecified atom stereocenters. The monoisotopic (exact) mass is 464 g/mol. The number of hydrogen-bond donors (Lipinski definition) is 2. The molecule has 2 aliphatic carbocycles. The lowest BCUT2D eigenvalue weighted by Crippen LogP contribution is -2.54. The van der Waals surface area contributed by atoms with Crippen molar-refractivity contribution in [2.75, 3.05) is 13.7 Å². The Morgan fingerprint density at radius 1 is 1.06 bits per heavy atom. The summed E-state index contributed by atoms with van der Waals surface area (Å²) in [5, 5.41) is 11.8. The molecule has 0 saturated heterocycles. The van der Waals surface area contributed by atoms with E-state index >= 15 is 0 Å². The van der Waals surface area contributed by atoms with Crippen LogP contribution in [0.3, 0.4) is 0 Å². The summed E-state index contributed by atoms with van der Waals surface area (Å²) in [5.41, 5.74) is 4.19. The van der Waals surface area contributed by atoms with Gasteiger partial charge in [0.2, 0.25) is 5.91 Å². The summed E-state index contributed by atoms with van der Waals surface area (Å²) in [5.74, 6) is -1.38. The third-order valence-corrected chi connectivity index (χ3v) is 7.40. The quantitative estimate of drug-likeness (QED) is 0.598. The van der Waals surface area contributed by atoms with Gasteiger partial charge in [-0.05, 0) is 48.4 Å². The molecular weight excluding hydrogens is 432 g/mol. The smallest absolute Gasteiger partial charge is 0.407 e. The molecule has 2 aliphatic rings. The number of carboxylic acid groups (broad SMARTS) is 1. The topological polar surface area (TPSA) is 95.9 Å². The predicted molar refractivity (Wildman–Crippen MR) is 129 cm³/mol. The maximum absolute atomic E-state index is 13.2. The molecular formula is C27H32N2O5. The molecule has 0 heterocycles. The average Bonchev–Trinajstić information content (AvgIpc) is 3.42. The summed E-state index contributed by atoms with van der Waals surface area (Å²) in [7, 11) is 1.74. The number of benzene rings is 2. The van der Waals surface area contributed by atoms with Crippen LogP contribution in [-0.4, -0.2) is 53.2 Å². The van der Waals surface area contributed by atoms with Crippen LogP contribution in [0, 0.1) is 0 Å². The summed E-state index contributed by atoms with van der Waals surface area (Å²) in [6.45, 7) is 2.17. The fourth-order valence-electron chi connectivity index (χ4n) is 5.28. The first-order chi connectivity index (χ1) is 16.3. The third-order valence-electron chi connectivity index (χ3n) is 7.40. The van der Waals surface area contributed by atoms with Crippen molar-refractivity contribution in [3.05, 3.63) is 59.7 Å². The number of carbonyl (C=O) groups is 3. The van der Waals surface area contributed by atoms with Gasteiger partial charge in [-0.2, -0.15) is 0 Å². The van der Waals surface area contributed by atoms with Crippen LogP contribution in [0.15, 0.2) is 48.5 Å². The Kier molecular flexibility index (Phi) is 6.91. The Balaban J connectivity index is 1.44. The maximum Gasteiger partial charge on any atom is 0.407 e. The van der Waals surface area contributed by atoms with Crippen molar-refractivity contribution in [3.8, 4) is 11.1 Å². The summed E-state index contributed by atoms with van der Waals surface area (Å²) in [4.78, 5) is 38.8. The van der Waals surface area contributed by atoms with E-state index in [2.05, 4.69) is 17.4 Å². The molecule has 0 bridgehead atoms. The Morgan fingerprint density at radius 3 is 2.18 bits per heavy atom. The molecule has 2 aromatic carbocycles. The molecule has 7 heteroatoms. The number of fused-ring (bicyclic) bond motifs is 3. The molecule has 1 saturated carbocycles. The van der Waals surface area contributed by atoms with Gasteiger partial charge in [0.25, 0.3) is 0 Å². The molecule has 0 radical (unpaired) electrons. The number of likely N-dealkylation sites (N-methyl/N-ethyl adjacent to an activating group) is 1. The zero-order chi connectivity index (χ0) is 24.3. The summed E-state index contributed by atoms with van der Waals surface area (Å²) >= 11 is 0. The SMILES string of the molecule is CN(C(=O)C(CCC(=O)O)NC(=O)OCC1c2ccccc2-c2ccccc21)C1(C)CCCC1.